The molecule has 9 heteroatoms. The Morgan fingerprint density at radius 3 is 2.33 bits per heavy atom. The summed E-state index contributed by atoms with van der Waals surface area (Å²) in [5.41, 5.74) is 0.569. The van der Waals surface area contributed by atoms with Crippen molar-refractivity contribution < 1.29 is 36.0 Å². The van der Waals surface area contributed by atoms with E-state index in [9.17, 15) is 22.0 Å². The highest BCUT2D eigenvalue weighted by Crippen LogP contribution is 2.51. The third-order valence-corrected chi connectivity index (χ3v) is 7.32. The fourth-order valence-corrected chi connectivity index (χ4v) is 5.35. The van der Waals surface area contributed by atoms with Crippen molar-refractivity contribution >= 4 is 16.1 Å². The third kappa shape index (κ3) is 5.11. The van der Waals surface area contributed by atoms with Crippen LogP contribution >= 0.6 is 0 Å². The lowest BCUT2D eigenvalue weighted by Crippen LogP contribution is -2.44. The molecular formula is C21H28F2O6S. The van der Waals surface area contributed by atoms with E-state index in [0.29, 0.717) is 24.7 Å². The van der Waals surface area contributed by atoms with Crippen molar-refractivity contribution in [3.05, 3.63) is 29.8 Å². The minimum Gasteiger partial charge on any atom is -0.497 e. The van der Waals surface area contributed by atoms with Gasteiger partial charge in [-0.15, -0.1) is 0 Å². The highest BCUT2D eigenvalue weighted by atomic mass is 32.2. The Morgan fingerprint density at radius 2 is 1.80 bits per heavy atom. The number of fused-ring (bicyclic) bond motifs is 2. The van der Waals surface area contributed by atoms with Crippen LogP contribution in [0, 0.1) is 17.3 Å². The number of hydrogen-bond acceptors (Lipinski definition) is 5. The molecule has 0 spiro atoms. The zero-order chi connectivity index (χ0) is 22.0. The van der Waals surface area contributed by atoms with Gasteiger partial charge in [0.2, 0.25) is 0 Å². The van der Waals surface area contributed by atoms with Gasteiger partial charge in [-0.2, -0.15) is 17.2 Å². The second kappa shape index (κ2) is 8.78. The molecule has 2 bridgehead atoms. The van der Waals surface area contributed by atoms with Crippen LogP contribution in [0.4, 0.5) is 8.78 Å². The first-order valence-electron chi connectivity index (χ1n) is 10.2. The molecule has 2 aliphatic carbocycles. The van der Waals surface area contributed by atoms with Crippen LogP contribution in [-0.2, 0) is 26.1 Å². The molecule has 30 heavy (non-hydrogen) atoms. The van der Waals surface area contributed by atoms with E-state index in [2.05, 4.69) is 0 Å². The molecule has 0 amide bonds. The first-order chi connectivity index (χ1) is 14.0. The Hall–Kier alpha value is -1.74. The zero-order valence-corrected chi connectivity index (χ0v) is 17.8. The van der Waals surface area contributed by atoms with Crippen molar-refractivity contribution in [3.8, 4) is 5.75 Å². The summed E-state index contributed by atoms with van der Waals surface area (Å²) in [5, 5.41) is -4.96. The second-order valence-corrected chi connectivity index (χ2v) is 10.2. The maximum atomic E-state index is 13.6. The summed E-state index contributed by atoms with van der Waals surface area (Å²) < 4.78 is 67.6. The predicted molar refractivity (Wildman–Crippen MR) is 106 cm³/mol. The fourth-order valence-electron chi connectivity index (χ4n) is 5.08. The summed E-state index contributed by atoms with van der Waals surface area (Å²) in [4.78, 5) is 11.8. The van der Waals surface area contributed by atoms with E-state index in [1.54, 1.807) is 7.11 Å². The minimum absolute atomic E-state index is 0.278. The number of benzene rings is 1. The van der Waals surface area contributed by atoms with E-state index in [0.717, 1.165) is 49.8 Å². The lowest BCUT2D eigenvalue weighted by atomic mass is 9.59. The van der Waals surface area contributed by atoms with E-state index in [-0.39, 0.29) is 6.61 Å². The number of carbonyl (C=O) groups is 1. The molecule has 2 saturated carbocycles. The Balaban J connectivity index is 1.73. The van der Waals surface area contributed by atoms with Crippen LogP contribution in [0.2, 0.25) is 0 Å². The quantitative estimate of drug-likeness (QED) is 0.475. The van der Waals surface area contributed by atoms with Gasteiger partial charge in [0, 0.05) is 5.41 Å². The normalized spacial score (nSPS) is 26.8. The molecule has 1 aromatic rings. The van der Waals surface area contributed by atoms with Crippen molar-refractivity contribution in [1.82, 2.24) is 0 Å². The van der Waals surface area contributed by atoms with Gasteiger partial charge in [0.05, 0.1) is 13.7 Å². The predicted octanol–water partition coefficient (Wildman–Crippen LogP) is 4.24. The largest absolute Gasteiger partial charge is 0.497 e. The zero-order valence-electron chi connectivity index (χ0n) is 17.0. The summed E-state index contributed by atoms with van der Waals surface area (Å²) in [6.07, 6.45) is 7.19. The van der Waals surface area contributed by atoms with Crippen LogP contribution in [0.3, 0.4) is 0 Å². The topological polar surface area (TPSA) is 89.9 Å². The molecule has 0 saturated heterocycles. The molecule has 2 aliphatic rings. The number of esters is 1. The Kier molecular flexibility index (Phi) is 6.72. The summed E-state index contributed by atoms with van der Waals surface area (Å²) in [7, 11) is -4.29. The first-order valence-corrected chi connectivity index (χ1v) is 11.6. The maximum absolute atomic E-state index is 13.6. The van der Waals surface area contributed by atoms with Gasteiger partial charge in [-0.1, -0.05) is 31.4 Å². The Bertz CT molecular complexity index is 841. The van der Waals surface area contributed by atoms with Crippen molar-refractivity contribution in [2.75, 3.05) is 13.7 Å². The summed E-state index contributed by atoms with van der Waals surface area (Å²) >= 11 is 0. The molecule has 168 valence electrons. The third-order valence-electron chi connectivity index (χ3n) is 6.51. The van der Waals surface area contributed by atoms with Gasteiger partial charge in [-0.3, -0.25) is 4.55 Å². The minimum atomic E-state index is -5.87. The molecule has 0 radical (unpaired) electrons. The summed E-state index contributed by atoms with van der Waals surface area (Å²) in [5.74, 6) is -0.574. The fraction of sp³-hybridized carbons (Fsp3) is 0.667. The Morgan fingerprint density at radius 1 is 1.20 bits per heavy atom. The van der Waals surface area contributed by atoms with E-state index >= 15 is 0 Å². The van der Waals surface area contributed by atoms with Gasteiger partial charge in [0.25, 0.3) is 0 Å². The van der Waals surface area contributed by atoms with Crippen LogP contribution < -0.4 is 4.74 Å². The van der Waals surface area contributed by atoms with E-state index < -0.39 is 26.8 Å². The summed E-state index contributed by atoms with van der Waals surface area (Å²) in [6, 6.07) is 7.58. The number of aryl methyl sites for hydroxylation is 1. The molecule has 1 N–H and O–H groups in total. The van der Waals surface area contributed by atoms with Crippen molar-refractivity contribution in [2.24, 2.45) is 17.3 Å². The molecule has 1 aromatic carbocycles. The van der Waals surface area contributed by atoms with Crippen LogP contribution in [0.1, 0.15) is 50.5 Å². The number of carbonyl (C=O) groups excluding carboxylic acids is 1. The highest BCUT2D eigenvalue weighted by Gasteiger charge is 2.55. The van der Waals surface area contributed by atoms with Crippen LogP contribution in [0.5, 0.6) is 5.75 Å². The molecule has 2 atom stereocenters. The van der Waals surface area contributed by atoms with Crippen molar-refractivity contribution in [2.45, 2.75) is 56.6 Å². The molecule has 0 heterocycles. The van der Waals surface area contributed by atoms with Gasteiger partial charge in [0.15, 0.2) is 0 Å². The van der Waals surface area contributed by atoms with E-state index in [1.807, 2.05) is 24.3 Å². The monoisotopic (exact) mass is 446 g/mol. The number of rotatable bonds is 8. The van der Waals surface area contributed by atoms with Gasteiger partial charge >= 0.3 is 21.3 Å². The van der Waals surface area contributed by atoms with Gasteiger partial charge in [-0.25, -0.2) is 4.79 Å². The number of halogens is 2. The number of hydrogen-bond donors (Lipinski definition) is 1. The van der Waals surface area contributed by atoms with Crippen molar-refractivity contribution in [1.29, 1.82) is 0 Å². The van der Waals surface area contributed by atoms with E-state index in [4.69, 9.17) is 14.0 Å². The van der Waals surface area contributed by atoms with Crippen LogP contribution in [0.15, 0.2) is 24.3 Å². The first kappa shape index (κ1) is 22.9. The Labute approximate surface area is 175 Å². The standard InChI is InChI=1S/C21H28F2O6S/c1-28-18-7-5-15(6-8-18)9-10-20(12-16-3-2-4-17(11-16)13-20)14-29-19(24)21(22,23)30(25,26)27/h5-8,16-17H,2-4,9-14H2,1H3,(H,25,26,27). The number of ether oxygens (including phenoxy) is 2. The number of methoxy groups -OCH3 is 1. The second-order valence-electron chi connectivity index (χ2n) is 8.72. The molecule has 0 aliphatic heterocycles. The lowest BCUT2D eigenvalue weighted by molar-refractivity contribution is -0.167. The number of alkyl halides is 2. The lowest BCUT2D eigenvalue weighted by Gasteiger charge is -2.47. The maximum Gasteiger partial charge on any atom is 0.465 e. The molecule has 2 unspecified atom stereocenters. The van der Waals surface area contributed by atoms with E-state index in [1.165, 1.54) is 0 Å². The molecular weight excluding hydrogens is 418 g/mol. The molecule has 3 rings (SSSR count). The summed E-state index contributed by atoms with van der Waals surface area (Å²) in [6.45, 7) is -0.278. The van der Waals surface area contributed by atoms with Crippen LogP contribution in [0.25, 0.3) is 0 Å². The SMILES string of the molecule is COc1ccc(CCC2(COC(=O)C(F)(F)S(=O)(=O)O)CC3CCCC(C3)C2)cc1. The average Bonchev–Trinajstić information content (AvgIpc) is 2.70. The smallest absolute Gasteiger partial charge is 0.465 e. The van der Waals surface area contributed by atoms with Gasteiger partial charge < -0.3 is 9.47 Å². The van der Waals surface area contributed by atoms with Gasteiger partial charge in [0.1, 0.15) is 5.75 Å². The molecule has 0 aromatic heterocycles. The van der Waals surface area contributed by atoms with Crippen LogP contribution in [-0.4, -0.2) is 37.9 Å². The highest BCUT2D eigenvalue weighted by molar-refractivity contribution is 7.87. The molecule has 2 fully saturated rings. The van der Waals surface area contributed by atoms with Crippen molar-refractivity contribution in [3.63, 3.8) is 0 Å². The molecule has 6 nitrogen and oxygen atoms in total. The van der Waals surface area contributed by atoms with Gasteiger partial charge in [-0.05, 0) is 61.6 Å². The average molecular weight is 447 g/mol.